The minimum atomic E-state index is -3.88. The average molecular weight is 403 g/mol. The number of sulfonamides is 1. The molecule has 1 aliphatic heterocycles. The normalized spacial score (nSPS) is 17.3. The Morgan fingerprint density at radius 2 is 1.79 bits per heavy atom. The highest BCUT2D eigenvalue weighted by molar-refractivity contribution is 7.92. The van der Waals surface area contributed by atoms with Crippen LogP contribution in [0.15, 0.2) is 47.4 Å². The molecule has 1 aliphatic carbocycles. The van der Waals surface area contributed by atoms with Gasteiger partial charge in [-0.05, 0) is 43.2 Å². The smallest absolute Gasteiger partial charge is 0.337 e. The van der Waals surface area contributed by atoms with E-state index in [9.17, 15) is 13.2 Å². The largest absolute Gasteiger partial charge is 0.465 e. The Hall–Kier alpha value is -2.74. The van der Waals surface area contributed by atoms with Crippen LogP contribution in [0.1, 0.15) is 42.5 Å². The SMILES string of the molecule is COC(=O)c1cccc(S(=O)(=O)Nc2ccc3c(c2)OC2(CCCCC2)O3)c1. The summed E-state index contributed by atoms with van der Waals surface area (Å²) in [5, 5.41) is 0. The molecule has 2 aliphatic rings. The first kappa shape index (κ1) is 18.6. The van der Waals surface area contributed by atoms with E-state index in [2.05, 4.69) is 9.46 Å². The van der Waals surface area contributed by atoms with Gasteiger partial charge in [-0.3, -0.25) is 4.72 Å². The van der Waals surface area contributed by atoms with Crippen molar-refractivity contribution in [2.75, 3.05) is 11.8 Å². The summed E-state index contributed by atoms with van der Waals surface area (Å²) in [6.07, 6.45) is 4.90. The molecule has 8 heteroatoms. The van der Waals surface area contributed by atoms with E-state index >= 15 is 0 Å². The summed E-state index contributed by atoms with van der Waals surface area (Å²) in [7, 11) is -2.64. The Bertz CT molecular complexity index is 1010. The zero-order valence-corrected chi connectivity index (χ0v) is 16.3. The summed E-state index contributed by atoms with van der Waals surface area (Å²) in [4.78, 5) is 11.6. The number of hydrogen-bond acceptors (Lipinski definition) is 6. The Morgan fingerprint density at radius 3 is 2.54 bits per heavy atom. The van der Waals surface area contributed by atoms with Gasteiger partial charge in [0.1, 0.15) is 0 Å². The van der Waals surface area contributed by atoms with Gasteiger partial charge < -0.3 is 14.2 Å². The molecule has 1 saturated carbocycles. The zero-order chi connectivity index (χ0) is 19.8. The second-order valence-corrected chi connectivity index (χ2v) is 8.64. The third-order valence-corrected chi connectivity index (χ3v) is 6.35. The highest BCUT2D eigenvalue weighted by atomic mass is 32.2. The lowest BCUT2D eigenvalue weighted by molar-refractivity contribution is -0.105. The molecule has 1 heterocycles. The Kier molecular flexibility index (Phi) is 4.66. The first-order valence-corrected chi connectivity index (χ1v) is 10.6. The molecular weight excluding hydrogens is 382 g/mol. The third kappa shape index (κ3) is 3.52. The van der Waals surface area contributed by atoms with Crippen molar-refractivity contribution in [3.8, 4) is 11.5 Å². The number of hydrogen-bond donors (Lipinski definition) is 1. The lowest BCUT2D eigenvalue weighted by Gasteiger charge is -2.31. The molecule has 0 atom stereocenters. The molecule has 1 spiro atoms. The standard InChI is InChI=1S/C20H21NO6S/c1-25-19(22)14-6-5-7-16(12-14)28(23,24)21-15-8-9-17-18(13-15)27-20(26-17)10-3-2-4-11-20/h5-9,12-13,21H,2-4,10-11H2,1H3. The summed E-state index contributed by atoms with van der Waals surface area (Å²) in [6, 6.07) is 10.6. The quantitative estimate of drug-likeness (QED) is 0.783. The fourth-order valence-electron chi connectivity index (χ4n) is 3.57. The van der Waals surface area contributed by atoms with E-state index in [1.807, 2.05) is 0 Å². The first-order valence-electron chi connectivity index (χ1n) is 9.14. The monoisotopic (exact) mass is 403 g/mol. The fourth-order valence-corrected chi connectivity index (χ4v) is 4.67. The number of methoxy groups -OCH3 is 1. The molecule has 0 unspecified atom stereocenters. The van der Waals surface area contributed by atoms with Crippen molar-refractivity contribution in [1.82, 2.24) is 0 Å². The lowest BCUT2D eigenvalue weighted by Crippen LogP contribution is -2.40. The summed E-state index contributed by atoms with van der Waals surface area (Å²) in [6.45, 7) is 0. The number of ether oxygens (including phenoxy) is 3. The summed E-state index contributed by atoms with van der Waals surface area (Å²) < 4.78 is 44.7. The molecule has 0 bridgehead atoms. The Balaban J connectivity index is 1.55. The predicted octanol–water partition coefficient (Wildman–Crippen LogP) is 3.71. The third-order valence-electron chi connectivity index (χ3n) is 4.97. The van der Waals surface area contributed by atoms with Crippen molar-refractivity contribution < 1.29 is 27.4 Å². The van der Waals surface area contributed by atoms with Crippen LogP contribution in [0.5, 0.6) is 11.5 Å². The maximum Gasteiger partial charge on any atom is 0.337 e. The molecule has 4 rings (SSSR count). The summed E-state index contributed by atoms with van der Waals surface area (Å²) >= 11 is 0. The molecule has 0 aromatic heterocycles. The van der Waals surface area contributed by atoms with E-state index in [1.165, 1.54) is 37.8 Å². The van der Waals surface area contributed by atoms with Gasteiger partial charge in [-0.25, -0.2) is 13.2 Å². The average Bonchev–Trinajstić information content (AvgIpc) is 3.04. The van der Waals surface area contributed by atoms with E-state index in [0.29, 0.717) is 17.2 Å². The number of carbonyl (C=O) groups excluding carboxylic acids is 1. The van der Waals surface area contributed by atoms with Crippen molar-refractivity contribution >= 4 is 21.7 Å². The van der Waals surface area contributed by atoms with Crippen molar-refractivity contribution in [3.05, 3.63) is 48.0 Å². The van der Waals surface area contributed by atoms with Crippen LogP contribution in [0.25, 0.3) is 0 Å². The van der Waals surface area contributed by atoms with Gasteiger partial charge in [-0.2, -0.15) is 0 Å². The van der Waals surface area contributed by atoms with Gasteiger partial charge >= 0.3 is 5.97 Å². The highest BCUT2D eigenvalue weighted by Crippen LogP contribution is 2.46. The van der Waals surface area contributed by atoms with Crippen LogP contribution in [0, 0.1) is 0 Å². The van der Waals surface area contributed by atoms with Crippen LogP contribution in [-0.4, -0.2) is 27.3 Å². The van der Waals surface area contributed by atoms with Crippen LogP contribution in [0.3, 0.4) is 0 Å². The van der Waals surface area contributed by atoms with Crippen LogP contribution in [0.2, 0.25) is 0 Å². The molecule has 2 aromatic carbocycles. The molecule has 0 saturated heterocycles. The second kappa shape index (κ2) is 7.01. The molecule has 7 nitrogen and oxygen atoms in total. The van der Waals surface area contributed by atoms with Crippen LogP contribution < -0.4 is 14.2 Å². The number of benzene rings is 2. The molecule has 1 fully saturated rings. The van der Waals surface area contributed by atoms with E-state index in [-0.39, 0.29) is 10.5 Å². The maximum atomic E-state index is 12.7. The number of fused-ring (bicyclic) bond motifs is 1. The topological polar surface area (TPSA) is 90.9 Å². The van der Waals surface area contributed by atoms with E-state index in [1.54, 1.807) is 18.2 Å². The molecular formula is C20H21NO6S. The van der Waals surface area contributed by atoms with Gasteiger partial charge in [0.25, 0.3) is 15.8 Å². The maximum absolute atomic E-state index is 12.7. The number of rotatable bonds is 4. The van der Waals surface area contributed by atoms with E-state index < -0.39 is 21.8 Å². The van der Waals surface area contributed by atoms with Crippen LogP contribution in [-0.2, 0) is 14.8 Å². The zero-order valence-electron chi connectivity index (χ0n) is 15.4. The Morgan fingerprint density at radius 1 is 1.04 bits per heavy atom. The van der Waals surface area contributed by atoms with Crippen LogP contribution in [0.4, 0.5) is 5.69 Å². The van der Waals surface area contributed by atoms with Gasteiger partial charge in [0.15, 0.2) is 11.5 Å². The van der Waals surface area contributed by atoms with Crippen LogP contribution >= 0.6 is 0 Å². The van der Waals surface area contributed by atoms with Gasteiger partial charge in [0.05, 0.1) is 23.3 Å². The minimum Gasteiger partial charge on any atom is -0.465 e. The lowest BCUT2D eigenvalue weighted by atomic mass is 9.94. The highest BCUT2D eigenvalue weighted by Gasteiger charge is 2.42. The number of esters is 1. The summed E-state index contributed by atoms with van der Waals surface area (Å²) in [5.74, 6) is -0.0618. The second-order valence-electron chi connectivity index (χ2n) is 6.96. The van der Waals surface area contributed by atoms with E-state index in [0.717, 1.165) is 25.7 Å². The van der Waals surface area contributed by atoms with Crippen molar-refractivity contribution in [1.29, 1.82) is 0 Å². The van der Waals surface area contributed by atoms with Crippen molar-refractivity contribution in [2.45, 2.75) is 42.8 Å². The fraction of sp³-hybridized carbons (Fsp3) is 0.350. The minimum absolute atomic E-state index is 0.0307. The van der Waals surface area contributed by atoms with Gasteiger partial charge in [-0.15, -0.1) is 0 Å². The molecule has 1 N–H and O–H groups in total. The molecule has 0 amide bonds. The number of nitrogens with one attached hydrogen (secondary N) is 1. The summed E-state index contributed by atoms with van der Waals surface area (Å²) in [5.41, 5.74) is 0.522. The van der Waals surface area contributed by atoms with Crippen molar-refractivity contribution in [2.24, 2.45) is 0 Å². The van der Waals surface area contributed by atoms with E-state index in [4.69, 9.17) is 9.47 Å². The predicted molar refractivity (Wildman–Crippen MR) is 102 cm³/mol. The molecule has 28 heavy (non-hydrogen) atoms. The molecule has 0 radical (unpaired) electrons. The molecule has 2 aromatic rings. The van der Waals surface area contributed by atoms with Gasteiger partial charge in [0, 0.05) is 18.9 Å². The van der Waals surface area contributed by atoms with Gasteiger partial charge in [0.2, 0.25) is 0 Å². The molecule has 148 valence electrons. The van der Waals surface area contributed by atoms with Gasteiger partial charge in [-0.1, -0.05) is 12.5 Å². The van der Waals surface area contributed by atoms with Crippen molar-refractivity contribution in [3.63, 3.8) is 0 Å². The number of carbonyl (C=O) groups is 1. The first-order chi connectivity index (χ1) is 13.4. The number of anilines is 1. The Labute approximate surface area is 163 Å².